The Morgan fingerprint density at radius 2 is 2.08 bits per heavy atom. The number of amides is 1. The van der Waals surface area contributed by atoms with Gasteiger partial charge >= 0.3 is 5.88 Å². The number of carbonyl (C=O) groups excluding carboxylic acids is 1. The van der Waals surface area contributed by atoms with Crippen LogP contribution in [-0.4, -0.2) is 40.4 Å². The summed E-state index contributed by atoms with van der Waals surface area (Å²) in [6.45, 7) is 5.25. The molecular formula is C14H18N6O4. The van der Waals surface area contributed by atoms with Crippen molar-refractivity contribution in [2.24, 2.45) is 0 Å². The van der Waals surface area contributed by atoms with Crippen molar-refractivity contribution in [2.45, 2.75) is 13.8 Å². The van der Waals surface area contributed by atoms with Crippen LogP contribution in [0.2, 0.25) is 0 Å². The maximum Gasteiger partial charge on any atom is 0.433 e. The Balaban J connectivity index is 1.82. The molecule has 0 aliphatic carbocycles. The minimum absolute atomic E-state index is 0.108. The molecule has 2 heterocycles. The van der Waals surface area contributed by atoms with Gasteiger partial charge in [-0.25, -0.2) is 4.98 Å². The van der Waals surface area contributed by atoms with E-state index < -0.39 is 16.7 Å². The van der Waals surface area contributed by atoms with Gasteiger partial charge in [-0.05, 0) is 19.9 Å². The van der Waals surface area contributed by atoms with Gasteiger partial charge in [-0.2, -0.15) is 4.98 Å². The van der Waals surface area contributed by atoms with Gasteiger partial charge in [0.1, 0.15) is 10.7 Å². The van der Waals surface area contributed by atoms with Crippen molar-refractivity contribution in [1.82, 2.24) is 15.3 Å². The molecule has 0 unspecified atom stereocenters. The van der Waals surface area contributed by atoms with Gasteiger partial charge in [-0.1, -0.05) is 0 Å². The lowest BCUT2D eigenvalue weighted by atomic mass is 10.4. The molecule has 10 nitrogen and oxygen atoms in total. The van der Waals surface area contributed by atoms with Crippen LogP contribution in [0, 0.1) is 17.0 Å². The lowest BCUT2D eigenvalue weighted by Crippen LogP contribution is -2.28. The third-order valence-corrected chi connectivity index (χ3v) is 2.90. The summed E-state index contributed by atoms with van der Waals surface area (Å²) in [5, 5.41) is 19.2. The average Bonchev–Trinajstić information content (AvgIpc) is 3.01. The maximum atomic E-state index is 11.8. The van der Waals surface area contributed by atoms with E-state index in [0.29, 0.717) is 12.5 Å². The number of carbonyl (C=O) groups is 1. The molecule has 0 fully saturated rings. The molecule has 10 heteroatoms. The average molecular weight is 334 g/mol. The van der Waals surface area contributed by atoms with Crippen LogP contribution in [0.3, 0.4) is 0 Å². The van der Waals surface area contributed by atoms with Crippen molar-refractivity contribution in [3.63, 3.8) is 0 Å². The van der Waals surface area contributed by atoms with Gasteiger partial charge in [-0.3, -0.25) is 14.9 Å². The van der Waals surface area contributed by atoms with Crippen molar-refractivity contribution in [1.29, 1.82) is 0 Å². The van der Waals surface area contributed by atoms with Gasteiger partial charge in [0.15, 0.2) is 5.76 Å². The Hall–Kier alpha value is -3.17. The smallest absolute Gasteiger partial charge is 0.395 e. The molecule has 2 aromatic rings. The number of nitrogens with zero attached hydrogens (tertiary/aromatic N) is 3. The molecule has 0 saturated carbocycles. The summed E-state index contributed by atoms with van der Waals surface area (Å²) in [4.78, 5) is 30.1. The second kappa shape index (κ2) is 7.90. The van der Waals surface area contributed by atoms with Crippen molar-refractivity contribution in [2.75, 3.05) is 30.3 Å². The number of nitrogens with one attached hydrogen (secondary N) is 3. The molecule has 0 atom stereocenters. The van der Waals surface area contributed by atoms with Gasteiger partial charge in [0.05, 0.1) is 6.07 Å². The second-order valence-electron chi connectivity index (χ2n) is 4.83. The van der Waals surface area contributed by atoms with Crippen molar-refractivity contribution in [3.05, 3.63) is 39.8 Å². The summed E-state index contributed by atoms with van der Waals surface area (Å²) < 4.78 is 4.82. The molecule has 0 saturated heterocycles. The number of furan rings is 1. The Morgan fingerprint density at radius 1 is 1.29 bits per heavy atom. The molecule has 3 N–H and O–H groups in total. The fraction of sp³-hybridized carbons (Fsp3) is 0.357. The van der Waals surface area contributed by atoms with Crippen LogP contribution in [0.1, 0.15) is 23.2 Å². The lowest BCUT2D eigenvalue weighted by molar-refractivity contribution is -0.402. The van der Waals surface area contributed by atoms with Crippen LogP contribution >= 0.6 is 0 Å². The molecule has 2 rings (SSSR count). The van der Waals surface area contributed by atoms with E-state index in [1.807, 2.05) is 19.9 Å². The summed E-state index contributed by atoms with van der Waals surface area (Å²) in [6, 6.07) is 4.23. The van der Waals surface area contributed by atoms with Crippen molar-refractivity contribution < 1.29 is 14.1 Å². The summed E-state index contributed by atoms with van der Waals surface area (Å²) in [5.41, 5.74) is 0.815. The molecule has 0 aromatic carbocycles. The van der Waals surface area contributed by atoms with Crippen LogP contribution in [-0.2, 0) is 0 Å². The first-order valence-corrected chi connectivity index (χ1v) is 7.35. The Kier molecular flexibility index (Phi) is 5.66. The summed E-state index contributed by atoms with van der Waals surface area (Å²) in [7, 11) is 0. The van der Waals surface area contributed by atoms with Crippen LogP contribution in [0.15, 0.2) is 22.6 Å². The fourth-order valence-corrected chi connectivity index (χ4v) is 1.90. The lowest BCUT2D eigenvalue weighted by Gasteiger charge is -2.09. The van der Waals surface area contributed by atoms with Crippen LogP contribution in [0.4, 0.5) is 17.7 Å². The zero-order valence-corrected chi connectivity index (χ0v) is 13.3. The fourth-order valence-electron chi connectivity index (χ4n) is 1.90. The van der Waals surface area contributed by atoms with Gasteiger partial charge in [-0.15, -0.1) is 0 Å². The largest absolute Gasteiger partial charge is 0.433 e. The van der Waals surface area contributed by atoms with E-state index in [9.17, 15) is 14.9 Å². The van der Waals surface area contributed by atoms with Gasteiger partial charge in [0.2, 0.25) is 5.95 Å². The molecule has 0 bridgehead atoms. The summed E-state index contributed by atoms with van der Waals surface area (Å²) >= 11 is 0. The molecule has 128 valence electrons. The van der Waals surface area contributed by atoms with Crippen LogP contribution in [0.5, 0.6) is 0 Å². The van der Waals surface area contributed by atoms with Gasteiger partial charge in [0.25, 0.3) is 5.91 Å². The molecule has 24 heavy (non-hydrogen) atoms. The minimum Gasteiger partial charge on any atom is -0.395 e. The topological polar surface area (TPSA) is 135 Å². The van der Waals surface area contributed by atoms with E-state index in [2.05, 4.69) is 25.9 Å². The highest BCUT2D eigenvalue weighted by Gasteiger charge is 2.16. The normalized spacial score (nSPS) is 10.2. The highest BCUT2D eigenvalue weighted by Crippen LogP contribution is 2.15. The Labute approximate surface area is 137 Å². The highest BCUT2D eigenvalue weighted by atomic mass is 16.6. The molecule has 0 radical (unpaired) electrons. The number of nitro groups is 1. The highest BCUT2D eigenvalue weighted by molar-refractivity contribution is 5.91. The molecular weight excluding hydrogens is 316 g/mol. The van der Waals surface area contributed by atoms with Gasteiger partial charge < -0.3 is 20.4 Å². The first-order chi connectivity index (χ1) is 11.5. The SMILES string of the molecule is CCNc1cc(C)nc(NCCNC(=O)c2ccc([N+](=O)[O-])o2)n1. The molecule has 0 aliphatic rings. The van der Waals surface area contributed by atoms with Crippen LogP contribution in [0.25, 0.3) is 0 Å². The molecule has 1 amide bonds. The number of aryl methyl sites for hydroxylation is 1. The van der Waals surface area contributed by atoms with E-state index in [1.165, 1.54) is 6.07 Å². The number of hydrogen-bond donors (Lipinski definition) is 3. The monoisotopic (exact) mass is 334 g/mol. The molecule has 0 aliphatic heterocycles. The third-order valence-electron chi connectivity index (χ3n) is 2.90. The summed E-state index contributed by atoms with van der Waals surface area (Å²) in [5.74, 6) is 0.0713. The maximum absolute atomic E-state index is 11.8. The third kappa shape index (κ3) is 4.66. The number of hydrogen-bond acceptors (Lipinski definition) is 8. The predicted molar refractivity (Wildman–Crippen MR) is 87.1 cm³/mol. The van der Waals surface area contributed by atoms with Crippen LogP contribution < -0.4 is 16.0 Å². The number of rotatable bonds is 8. The standard InChI is InChI=1S/C14H18N6O4/c1-3-15-11-8-9(2)18-14(19-11)17-7-6-16-13(21)10-4-5-12(24-10)20(22)23/h4-5,8H,3,6-7H2,1-2H3,(H,16,21)(H2,15,17,18,19). The second-order valence-corrected chi connectivity index (χ2v) is 4.83. The molecule has 2 aromatic heterocycles. The van der Waals surface area contributed by atoms with Crippen molar-refractivity contribution in [3.8, 4) is 0 Å². The van der Waals surface area contributed by atoms with Gasteiger partial charge in [0, 0.05) is 31.4 Å². The van der Waals surface area contributed by atoms with E-state index in [4.69, 9.17) is 4.42 Å². The first kappa shape index (κ1) is 17.2. The summed E-state index contributed by atoms with van der Waals surface area (Å²) in [6.07, 6.45) is 0. The van der Waals surface area contributed by atoms with Crippen molar-refractivity contribution >= 4 is 23.6 Å². The van der Waals surface area contributed by atoms with E-state index in [-0.39, 0.29) is 12.3 Å². The van der Waals surface area contributed by atoms with E-state index in [1.54, 1.807) is 0 Å². The Bertz CT molecular complexity index is 730. The minimum atomic E-state index is -0.699. The zero-order chi connectivity index (χ0) is 17.5. The number of aromatic nitrogens is 2. The molecule has 0 spiro atoms. The van der Waals surface area contributed by atoms with E-state index in [0.717, 1.165) is 24.1 Å². The quantitative estimate of drug-likeness (QED) is 0.376. The number of anilines is 2. The van der Waals surface area contributed by atoms with E-state index >= 15 is 0 Å². The Morgan fingerprint density at radius 3 is 2.75 bits per heavy atom. The predicted octanol–water partition coefficient (Wildman–Crippen LogP) is 1.56. The first-order valence-electron chi connectivity index (χ1n) is 7.35. The zero-order valence-electron chi connectivity index (χ0n) is 13.3.